The summed E-state index contributed by atoms with van der Waals surface area (Å²) in [5.41, 5.74) is 0.896. The standard InChI is InChI=1S/C19H24N2O4S/c1-21(2)10-11-25-19(24)16(14-6-4-3-5-7-14)13-20-12-15-8-9-17(26-15)18(22)23/h3-9,16,20H,10-13H2,1-2H3,(H,22,23). The van der Waals surface area contributed by atoms with Crippen molar-refractivity contribution >= 4 is 23.3 Å². The lowest BCUT2D eigenvalue weighted by atomic mass is 9.99. The molecule has 0 aliphatic carbocycles. The number of carboxylic acid groups (broad SMARTS) is 1. The molecule has 1 aromatic carbocycles. The van der Waals surface area contributed by atoms with Gasteiger partial charge in [0.25, 0.3) is 0 Å². The van der Waals surface area contributed by atoms with Gasteiger partial charge in [0.15, 0.2) is 0 Å². The lowest BCUT2D eigenvalue weighted by Crippen LogP contribution is -2.29. The molecule has 1 atom stereocenters. The zero-order valence-electron chi connectivity index (χ0n) is 15.0. The van der Waals surface area contributed by atoms with E-state index in [1.54, 1.807) is 12.1 Å². The first-order chi connectivity index (χ1) is 12.5. The van der Waals surface area contributed by atoms with E-state index in [0.717, 1.165) is 10.4 Å². The third kappa shape index (κ3) is 6.25. The molecule has 0 spiro atoms. The van der Waals surface area contributed by atoms with Gasteiger partial charge in [0.1, 0.15) is 11.5 Å². The Morgan fingerprint density at radius 2 is 1.92 bits per heavy atom. The van der Waals surface area contributed by atoms with Crippen molar-refractivity contribution in [2.24, 2.45) is 0 Å². The van der Waals surface area contributed by atoms with Gasteiger partial charge in [-0.25, -0.2) is 4.79 Å². The zero-order chi connectivity index (χ0) is 18.9. The van der Waals surface area contributed by atoms with Crippen LogP contribution in [-0.4, -0.2) is 55.7 Å². The van der Waals surface area contributed by atoms with Crippen molar-refractivity contribution < 1.29 is 19.4 Å². The fourth-order valence-corrected chi connectivity index (χ4v) is 3.20. The minimum Gasteiger partial charge on any atom is -0.477 e. The third-order valence-electron chi connectivity index (χ3n) is 3.79. The summed E-state index contributed by atoms with van der Waals surface area (Å²) in [6, 6.07) is 12.9. The number of esters is 1. The number of hydrogen-bond donors (Lipinski definition) is 2. The quantitative estimate of drug-likeness (QED) is 0.620. The highest BCUT2D eigenvalue weighted by atomic mass is 32.1. The highest BCUT2D eigenvalue weighted by Crippen LogP contribution is 2.19. The molecule has 2 N–H and O–H groups in total. The molecule has 1 aromatic heterocycles. The van der Waals surface area contributed by atoms with Crippen LogP contribution in [0.25, 0.3) is 0 Å². The largest absolute Gasteiger partial charge is 0.477 e. The summed E-state index contributed by atoms with van der Waals surface area (Å²) < 4.78 is 5.41. The molecule has 0 saturated heterocycles. The molecule has 0 amide bonds. The van der Waals surface area contributed by atoms with Gasteiger partial charge >= 0.3 is 11.9 Å². The first-order valence-corrected chi connectivity index (χ1v) is 9.18. The Balaban J connectivity index is 1.95. The molecule has 1 heterocycles. The predicted octanol–water partition coefficient (Wildman–Crippen LogP) is 2.42. The summed E-state index contributed by atoms with van der Waals surface area (Å²) in [5.74, 6) is -1.59. The lowest BCUT2D eigenvalue weighted by Gasteiger charge is -2.18. The van der Waals surface area contributed by atoms with Gasteiger partial charge in [-0.05, 0) is 31.8 Å². The van der Waals surface area contributed by atoms with Crippen molar-refractivity contribution in [1.82, 2.24) is 10.2 Å². The molecule has 0 fully saturated rings. The maximum Gasteiger partial charge on any atom is 0.345 e. The van der Waals surface area contributed by atoms with Gasteiger partial charge < -0.3 is 20.1 Å². The van der Waals surface area contributed by atoms with Crippen LogP contribution in [0.2, 0.25) is 0 Å². The minimum atomic E-state index is -0.923. The summed E-state index contributed by atoms with van der Waals surface area (Å²) in [5, 5.41) is 12.2. The monoisotopic (exact) mass is 376 g/mol. The molecule has 26 heavy (non-hydrogen) atoms. The highest BCUT2D eigenvalue weighted by Gasteiger charge is 2.22. The average molecular weight is 376 g/mol. The Labute approximate surface area is 157 Å². The zero-order valence-corrected chi connectivity index (χ0v) is 15.8. The number of ether oxygens (including phenoxy) is 1. The second kappa shape index (κ2) is 10.1. The molecule has 6 nitrogen and oxygen atoms in total. The molecular formula is C19H24N2O4S. The number of likely N-dealkylation sites (N-methyl/N-ethyl adjacent to an activating group) is 1. The van der Waals surface area contributed by atoms with Gasteiger partial charge in [-0.1, -0.05) is 30.3 Å². The molecule has 0 aliphatic rings. The van der Waals surface area contributed by atoms with E-state index in [1.807, 2.05) is 49.3 Å². The lowest BCUT2D eigenvalue weighted by molar-refractivity contribution is -0.145. The Morgan fingerprint density at radius 1 is 1.19 bits per heavy atom. The number of rotatable bonds is 10. The number of carbonyl (C=O) groups excluding carboxylic acids is 1. The summed E-state index contributed by atoms with van der Waals surface area (Å²) in [6.07, 6.45) is 0. The van der Waals surface area contributed by atoms with E-state index in [-0.39, 0.29) is 5.97 Å². The molecule has 7 heteroatoms. The number of hydrogen-bond acceptors (Lipinski definition) is 6. The Morgan fingerprint density at radius 3 is 2.54 bits per heavy atom. The molecule has 140 valence electrons. The van der Waals surface area contributed by atoms with E-state index in [2.05, 4.69) is 5.32 Å². The van der Waals surface area contributed by atoms with Gasteiger partial charge in [-0.2, -0.15) is 0 Å². The van der Waals surface area contributed by atoms with E-state index in [4.69, 9.17) is 9.84 Å². The number of carboxylic acids is 1. The van der Waals surface area contributed by atoms with E-state index in [1.165, 1.54) is 11.3 Å². The van der Waals surface area contributed by atoms with E-state index in [0.29, 0.717) is 31.1 Å². The van der Waals surface area contributed by atoms with Crippen molar-refractivity contribution in [2.75, 3.05) is 33.8 Å². The summed E-state index contributed by atoms with van der Waals surface area (Å²) >= 11 is 1.23. The van der Waals surface area contributed by atoms with Crippen LogP contribution in [-0.2, 0) is 16.1 Å². The van der Waals surface area contributed by atoms with E-state index < -0.39 is 11.9 Å². The second-order valence-corrected chi connectivity index (χ2v) is 7.30. The van der Waals surface area contributed by atoms with Gasteiger partial charge in [0, 0.05) is 24.5 Å². The number of nitrogens with one attached hydrogen (secondary N) is 1. The van der Waals surface area contributed by atoms with E-state index >= 15 is 0 Å². The topological polar surface area (TPSA) is 78.9 Å². The molecule has 2 rings (SSSR count). The van der Waals surface area contributed by atoms with Crippen molar-refractivity contribution in [3.63, 3.8) is 0 Å². The maximum absolute atomic E-state index is 12.5. The van der Waals surface area contributed by atoms with Gasteiger partial charge in [0.05, 0.1) is 5.92 Å². The second-order valence-electron chi connectivity index (χ2n) is 6.14. The van der Waals surface area contributed by atoms with Crippen molar-refractivity contribution in [2.45, 2.75) is 12.5 Å². The molecule has 1 unspecified atom stereocenters. The molecule has 0 saturated carbocycles. The van der Waals surface area contributed by atoms with Gasteiger partial charge in [0.2, 0.25) is 0 Å². The minimum absolute atomic E-state index is 0.261. The molecule has 0 aliphatic heterocycles. The number of benzene rings is 1. The van der Waals surface area contributed by atoms with Crippen molar-refractivity contribution in [3.05, 3.63) is 57.8 Å². The number of thiophene rings is 1. The molecular weight excluding hydrogens is 352 g/mol. The molecule has 0 radical (unpaired) electrons. The number of carbonyl (C=O) groups is 2. The Kier molecular flexibility index (Phi) is 7.77. The maximum atomic E-state index is 12.5. The van der Waals surface area contributed by atoms with Gasteiger partial charge in [-0.15, -0.1) is 11.3 Å². The highest BCUT2D eigenvalue weighted by molar-refractivity contribution is 7.13. The smallest absolute Gasteiger partial charge is 0.345 e. The van der Waals surface area contributed by atoms with Crippen LogP contribution in [0.3, 0.4) is 0 Å². The van der Waals surface area contributed by atoms with Crippen molar-refractivity contribution in [3.8, 4) is 0 Å². The fraction of sp³-hybridized carbons (Fsp3) is 0.368. The Hall–Kier alpha value is -2.22. The fourth-order valence-electron chi connectivity index (χ4n) is 2.38. The molecule has 2 aromatic rings. The van der Waals surface area contributed by atoms with Crippen LogP contribution < -0.4 is 5.32 Å². The first-order valence-electron chi connectivity index (χ1n) is 8.36. The van der Waals surface area contributed by atoms with E-state index in [9.17, 15) is 9.59 Å². The summed E-state index contributed by atoms with van der Waals surface area (Å²) in [7, 11) is 3.85. The predicted molar refractivity (Wildman–Crippen MR) is 102 cm³/mol. The summed E-state index contributed by atoms with van der Waals surface area (Å²) in [4.78, 5) is 26.6. The molecule has 0 bridgehead atoms. The van der Waals surface area contributed by atoms with Crippen LogP contribution in [0, 0.1) is 0 Å². The van der Waals surface area contributed by atoms with Crippen LogP contribution in [0.4, 0.5) is 0 Å². The van der Waals surface area contributed by atoms with Crippen molar-refractivity contribution in [1.29, 1.82) is 0 Å². The van der Waals surface area contributed by atoms with Crippen LogP contribution >= 0.6 is 11.3 Å². The normalized spacial score (nSPS) is 12.1. The summed E-state index contributed by atoms with van der Waals surface area (Å²) in [6.45, 7) is 1.95. The number of nitrogens with zero attached hydrogens (tertiary/aromatic N) is 1. The first kappa shape index (κ1) is 20.1. The third-order valence-corrected chi connectivity index (χ3v) is 4.86. The number of aromatic carboxylic acids is 1. The van der Waals surface area contributed by atoms with Gasteiger partial charge in [-0.3, -0.25) is 4.79 Å². The Bertz CT molecular complexity index is 715. The van der Waals surface area contributed by atoms with Crippen LogP contribution in [0.15, 0.2) is 42.5 Å². The average Bonchev–Trinajstić information content (AvgIpc) is 3.08. The SMILES string of the molecule is CN(C)CCOC(=O)C(CNCc1ccc(C(=O)O)s1)c1ccccc1. The van der Waals surface area contributed by atoms with Crippen LogP contribution in [0.1, 0.15) is 26.0 Å². The van der Waals surface area contributed by atoms with Crippen LogP contribution in [0.5, 0.6) is 0 Å².